The van der Waals surface area contributed by atoms with Crippen LogP contribution >= 0.6 is 0 Å². The second kappa shape index (κ2) is 10.7. The summed E-state index contributed by atoms with van der Waals surface area (Å²) in [6, 6.07) is 0. The fourth-order valence-corrected chi connectivity index (χ4v) is 0.0833. The molecule has 0 aromatic carbocycles. The Kier molecular flexibility index (Phi) is 21.3. The molecule has 0 spiro atoms. The summed E-state index contributed by atoms with van der Waals surface area (Å²) in [6.45, 7) is 3.16. The molecule has 0 saturated carbocycles. The average Bonchev–Trinajstić information content (AvgIpc) is 1.65. The minimum Gasteiger partial charge on any atom is -0.870 e. The molecular formula is C4H7KO3. The third-order valence-corrected chi connectivity index (χ3v) is 0.368. The number of hydrogen-bond donors (Lipinski definition) is 0. The van der Waals surface area contributed by atoms with Crippen molar-refractivity contribution in [2.24, 2.45) is 0 Å². The van der Waals surface area contributed by atoms with Crippen LogP contribution in [0.15, 0.2) is 12.7 Å². The number of carbonyl (C=O) groups is 1. The van der Waals surface area contributed by atoms with Gasteiger partial charge in [-0.1, -0.05) is 6.58 Å². The van der Waals surface area contributed by atoms with Gasteiger partial charge in [0.25, 0.3) is 0 Å². The monoisotopic (exact) mass is 142 g/mol. The van der Waals surface area contributed by atoms with Crippen molar-refractivity contribution in [3.63, 3.8) is 0 Å². The second-order valence-electron chi connectivity index (χ2n) is 0.727. The van der Waals surface area contributed by atoms with E-state index in [1.54, 1.807) is 0 Å². The molecule has 0 amide bonds. The number of carbonyl (C=O) groups excluding carboxylic acids is 1. The van der Waals surface area contributed by atoms with E-state index in [1.807, 2.05) is 0 Å². The summed E-state index contributed by atoms with van der Waals surface area (Å²) in [4.78, 5) is 9.84. The maximum Gasteiger partial charge on any atom is 1.00 e. The number of ether oxygens (including phenoxy) is 1. The van der Waals surface area contributed by atoms with Gasteiger partial charge in [-0.15, -0.1) is 0 Å². The predicted octanol–water partition coefficient (Wildman–Crippen LogP) is -2.83. The van der Waals surface area contributed by atoms with Crippen LogP contribution in [0.2, 0.25) is 0 Å². The summed E-state index contributed by atoms with van der Waals surface area (Å²) in [6.07, 6.45) is 1.11. The molecule has 1 N–H and O–H groups in total. The van der Waals surface area contributed by atoms with Crippen molar-refractivity contribution in [2.45, 2.75) is 0 Å². The smallest absolute Gasteiger partial charge is 0.870 e. The molecule has 0 aromatic rings. The zero-order chi connectivity index (χ0) is 4.99. The van der Waals surface area contributed by atoms with Gasteiger partial charge in [-0.3, -0.25) is 0 Å². The van der Waals surface area contributed by atoms with Crippen LogP contribution in [0.5, 0.6) is 0 Å². The van der Waals surface area contributed by atoms with Crippen LogP contribution < -0.4 is 51.4 Å². The van der Waals surface area contributed by atoms with Crippen molar-refractivity contribution in [1.82, 2.24) is 0 Å². The van der Waals surface area contributed by atoms with E-state index < -0.39 is 5.97 Å². The minimum absolute atomic E-state index is 0. The molecule has 0 unspecified atom stereocenters. The maximum atomic E-state index is 9.84. The van der Waals surface area contributed by atoms with Crippen molar-refractivity contribution < 1.29 is 66.4 Å². The summed E-state index contributed by atoms with van der Waals surface area (Å²) < 4.78 is 4.14. The first kappa shape index (κ1) is 15.9. The Morgan fingerprint density at radius 3 is 2.12 bits per heavy atom. The van der Waals surface area contributed by atoms with Crippen LogP contribution in [0.3, 0.4) is 0 Å². The van der Waals surface area contributed by atoms with E-state index in [-0.39, 0.29) is 56.9 Å². The molecule has 0 fully saturated rings. The fourth-order valence-electron chi connectivity index (χ4n) is 0.0833. The first-order chi connectivity index (χ1) is 2.81. The molecule has 0 rings (SSSR count). The molecule has 42 valence electrons. The van der Waals surface area contributed by atoms with Crippen molar-refractivity contribution in [3.05, 3.63) is 12.7 Å². The zero-order valence-electron chi connectivity index (χ0n) is 5.05. The first-order valence-corrected chi connectivity index (χ1v) is 1.51. The molecule has 3 nitrogen and oxygen atoms in total. The molecule has 0 radical (unpaired) electrons. The number of esters is 1. The summed E-state index contributed by atoms with van der Waals surface area (Å²) in [5.41, 5.74) is 0. The summed E-state index contributed by atoms with van der Waals surface area (Å²) in [5.74, 6) is -0.394. The zero-order valence-corrected chi connectivity index (χ0v) is 8.17. The topological polar surface area (TPSA) is 56.3 Å². The van der Waals surface area contributed by atoms with Crippen molar-refractivity contribution in [3.8, 4) is 0 Å². The largest absolute Gasteiger partial charge is 1.00 e. The van der Waals surface area contributed by atoms with Crippen LogP contribution in [-0.4, -0.2) is 18.6 Å². The van der Waals surface area contributed by atoms with E-state index in [0.717, 1.165) is 6.08 Å². The Morgan fingerprint density at radius 2 is 2.12 bits per heavy atom. The van der Waals surface area contributed by atoms with Crippen molar-refractivity contribution in [1.29, 1.82) is 0 Å². The van der Waals surface area contributed by atoms with E-state index in [1.165, 1.54) is 7.11 Å². The van der Waals surface area contributed by atoms with Crippen LogP contribution in [0, 0.1) is 0 Å². The van der Waals surface area contributed by atoms with Crippen LogP contribution in [0.4, 0.5) is 0 Å². The van der Waals surface area contributed by atoms with Crippen LogP contribution in [0.1, 0.15) is 0 Å². The Hall–Kier alpha value is 0.806. The van der Waals surface area contributed by atoms with Crippen molar-refractivity contribution in [2.75, 3.05) is 7.11 Å². The molecule has 0 aliphatic carbocycles. The van der Waals surface area contributed by atoms with Gasteiger partial charge in [0.2, 0.25) is 0 Å². The molecule has 0 atom stereocenters. The normalized spacial score (nSPS) is 5.12. The van der Waals surface area contributed by atoms with Gasteiger partial charge < -0.3 is 10.2 Å². The third-order valence-electron chi connectivity index (χ3n) is 0.368. The standard InChI is InChI=1S/C4H6O2.K.H2O/c1-3-4(5)6-2;;/h3H,1H2,2H3;;1H2/q;+1;/p-1. The molecule has 8 heavy (non-hydrogen) atoms. The molecular weight excluding hydrogens is 135 g/mol. The Bertz CT molecular complexity index is 71.7. The number of hydrogen-bond acceptors (Lipinski definition) is 3. The van der Waals surface area contributed by atoms with Gasteiger partial charge in [0, 0.05) is 6.08 Å². The van der Waals surface area contributed by atoms with Gasteiger partial charge in [0.05, 0.1) is 7.11 Å². The maximum absolute atomic E-state index is 9.84. The quantitative estimate of drug-likeness (QED) is 0.225. The summed E-state index contributed by atoms with van der Waals surface area (Å²) in [5, 5.41) is 0. The van der Waals surface area contributed by atoms with Gasteiger partial charge >= 0.3 is 57.4 Å². The van der Waals surface area contributed by atoms with E-state index in [9.17, 15) is 4.79 Å². The molecule has 0 aromatic heterocycles. The molecule has 0 aliphatic rings. The molecule has 0 saturated heterocycles. The van der Waals surface area contributed by atoms with Crippen LogP contribution in [-0.2, 0) is 9.53 Å². The predicted molar refractivity (Wildman–Crippen MR) is 24.1 cm³/mol. The van der Waals surface area contributed by atoms with E-state index >= 15 is 0 Å². The van der Waals surface area contributed by atoms with Gasteiger partial charge in [0.15, 0.2) is 0 Å². The molecule has 0 bridgehead atoms. The van der Waals surface area contributed by atoms with Gasteiger partial charge in [-0.25, -0.2) is 4.79 Å². The molecule has 4 heteroatoms. The molecule has 0 aliphatic heterocycles. The second-order valence-corrected chi connectivity index (χ2v) is 0.727. The first-order valence-electron chi connectivity index (χ1n) is 1.51. The Morgan fingerprint density at radius 1 is 1.75 bits per heavy atom. The third kappa shape index (κ3) is 9.93. The van der Waals surface area contributed by atoms with Crippen molar-refractivity contribution >= 4 is 5.97 Å². The Balaban J connectivity index is -0.000000125. The number of methoxy groups -OCH3 is 1. The van der Waals surface area contributed by atoms with E-state index in [0.29, 0.717) is 0 Å². The fraction of sp³-hybridized carbons (Fsp3) is 0.250. The minimum atomic E-state index is -0.394. The van der Waals surface area contributed by atoms with E-state index in [4.69, 9.17) is 0 Å². The number of rotatable bonds is 1. The van der Waals surface area contributed by atoms with E-state index in [2.05, 4.69) is 11.3 Å². The van der Waals surface area contributed by atoms with Gasteiger partial charge in [-0.2, -0.15) is 0 Å². The SMILES string of the molecule is C=CC(=O)OC.[K+].[OH-]. The summed E-state index contributed by atoms with van der Waals surface area (Å²) >= 11 is 0. The van der Waals surface area contributed by atoms with Gasteiger partial charge in [0.1, 0.15) is 0 Å². The average molecular weight is 142 g/mol. The van der Waals surface area contributed by atoms with Crippen LogP contribution in [0.25, 0.3) is 0 Å². The Labute approximate surface area is 90.8 Å². The van der Waals surface area contributed by atoms with Gasteiger partial charge in [-0.05, 0) is 0 Å². The molecule has 0 heterocycles. The summed E-state index contributed by atoms with van der Waals surface area (Å²) in [7, 11) is 1.31.